The van der Waals surface area contributed by atoms with Crippen molar-refractivity contribution in [3.63, 3.8) is 0 Å². The lowest BCUT2D eigenvalue weighted by Crippen LogP contribution is -2.08. The molecule has 1 aromatic heterocycles. The fourth-order valence-electron chi connectivity index (χ4n) is 2.33. The van der Waals surface area contributed by atoms with Crippen LogP contribution in [0.25, 0.3) is 11.3 Å². The van der Waals surface area contributed by atoms with Gasteiger partial charge in [0, 0.05) is 17.8 Å². The first-order chi connectivity index (χ1) is 8.54. The summed E-state index contributed by atoms with van der Waals surface area (Å²) in [6.07, 6.45) is 0. The summed E-state index contributed by atoms with van der Waals surface area (Å²) >= 11 is 0. The summed E-state index contributed by atoms with van der Waals surface area (Å²) in [5, 5.41) is 9.15. The molecule has 0 spiro atoms. The van der Waals surface area contributed by atoms with Crippen LogP contribution in [0.5, 0.6) is 0 Å². The number of carboxylic acid groups (broad SMARTS) is 1. The number of carboxylic acids is 1. The molecular weight excluding hydrogens is 226 g/mol. The lowest BCUT2D eigenvalue weighted by Gasteiger charge is -2.11. The molecule has 0 saturated heterocycles. The normalized spacial score (nSPS) is 10.6. The van der Waals surface area contributed by atoms with E-state index in [1.54, 1.807) is 6.07 Å². The number of hydrogen-bond acceptors (Lipinski definition) is 1. The Balaban J connectivity index is 2.60. The van der Waals surface area contributed by atoms with E-state index in [1.165, 1.54) is 11.1 Å². The Morgan fingerprint density at radius 3 is 2.50 bits per heavy atom. The van der Waals surface area contributed by atoms with Crippen LogP contribution in [0.1, 0.15) is 28.5 Å². The molecule has 0 saturated carbocycles. The van der Waals surface area contributed by atoms with E-state index >= 15 is 0 Å². The Morgan fingerprint density at radius 2 is 1.94 bits per heavy atom. The smallest absolute Gasteiger partial charge is 0.352 e. The van der Waals surface area contributed by atoms with E-state index in [-0.39, 0.29) is 0 Å². The predicted molar refractivity (Wildman–Crippen MR) is 72.0 cm³/mol. The van der Waals surface area contributed by atoms with Crippen LogP contribution in [0.3, 0.4) is 0 Å². The summed E-state index contributed by atoms with van der Waals surface area (Å²) in [4.78, 5) is 11.1. The third-order valence-corrected chi connectivity index (χ3v) is 3.17. The summed E-state index contributed by atoms with van der Waals surface area (Å²) in [5.74, 6) is -0.882. The number of benzene rings is 1. The molecule has 2 aromatic rings. The second kappa shape index (κ2) is 4.69. The van der Waals surface area contributed by atoms with Crippen molar-refractivity contribution in [2.24, 2.45) is 0 Å². The maximum absolute atomic E-state index is 11.1. The van der Waals surface area contributed by atoms with E-state index in [1.807, 2.05) is 17.6 Å². The molecule has 0 fully saturated rings. The first-order valence-corrected chi connectivity index (χ1v) is 6.05. The van der Waals surface area contributed by atoms with Crippen molar-refractivity contribution in [1.82, 2.24) is 4.57 Å². The molecule has 0 aliphatic carbocycles. The summed E-state index contributed by atoms with van der Waals surface area (Å²) < 4.78 is 1.83. The van der Waals surface area contributed by atoms with E-state index in [2.05, 4.69) is 32.0 Å². The van der Waals surface area contributed by atoms with E-state index in [4.69, 9.17) is 5.11 Å². The summed E-state index contributed by atoms with van der Waals surface area (Å²) in [5.41, 5.74) is 4.78. The van der Waals surface area contributed by atoms with Gasteiger partial charge in [0.1, 0.15) is 5.69 Å². The van der Waals surface area contributed by atoms with Gasteiger partial charge in [-0.1, -0.05) is 23.8 Å². The zero-order valence-corrected chi connectivity index (χ0v) is 10.9. The van der Waals surface area contributed by atoms with Crippen LogP contribution in [-0.2, 0) is 6.54 Å². The molecule has 0 unspecified atom stereocenters. The number of aromatic nitrogens is 1. The van der Waals surface area contributed by atoms with Crippen LogP contribution in [0.4, 0.5) is 0 Å². The second-order valence-electron chi connectivity index (χ2n) is 4.47. The number of rotatable bonds is 3. The molecule has 1 heterocycles. The van der Waals surface area contributed by atoms with Crippen LogP contribution in [-0.4, -0.2) is 15.6 Å². The third-order valence-electron chi connectivity index (χ3n) is 3.17. The Bertz CT molecular complexity index is 597. The number of nitrogens with zero attached hydrogens (tertiary/aromatic N) is 1. The van der Waals surface area contributed by atoms with Gasteiger partial charge in [0.15, 0.2) is 0 Å². The molecule has 0 radical (unpaired) electrons. The van der Waals surface area contributed by atoms with E-state index in [0.717, 1.165) is 11.3 Å². The SMILES string of the molecule is CCn1c(C(=O)O)ccc1-c1ccc(C)cc1C. The molecule has 1 aromatic carbocycles. The van der Waals surface area contributed by atoms with Crippen molar-refractivity contribution in [2.75, 3.05) is 0 Å². The average molecular weight is 243 g/mol. The molecule has 2 rings (SSSR count). The lowest BCUT2D eigenvalue weighted by atomic mass is 10.0. The average Bonchev–Trinajstić information content (AvgIpc) is 2.72. The Morgan fingerprint density at radius 1 is 1.22 bits per heavy atom. The zero-order valence-electron chi connectivity index (χ0n) is 10.9. The predicted octanol–water partition coefficient (Wildman–Crippen LogP) is 3.49. The molecule has 94 valence electrons. The molecular formula is C15H17NO2. The van der Waals surface area contributed by atoms with Gasteiger partial charge in [-0.2, -0.15) is 0 Å². The Kier molecular flexibility index (Phi) is 3.24. The summed E-state index contributed by atoms with van der Waals surface area (Å²) in [7, 11) is 0. The Hall–Kier alpha value is -2.03. The first-order valence-electron chi connectivity index (χ1n) is 6.05. The molecule has 0 aliphatic rings. The van der Waals surface area contributed by atoms with Crippen LogP contribution >= 0.6 is 0 Å². The van der Waals surface area contributed by atoms with Crippen LogP contribution < -0.4 is 0 Å². The van der Waals surface area contributed by atoms with Crippen molar-refractivity contribution in [2.45, 2.75) is 27.3 Å². The van der Waals surface area contributed by atoms with Gasteiger partial charge in [0.25, 0.3) is 0 Å². The standard InChI is InChI=1S/C15H17NO2/c1-4-16-13(7-8-14(16)15(17)18)12-6-5-10(2)9-11(12)3/h5-9H,4H2,1-3H3,(H,17,18). The number of aromatic carboxylic acids is 1. The summed E-state index contributed by atoms with van der Waals surface area (Å²) in [6, 6.07) is 9.77. The molecule has 3 heteroatoms. The van der Waals surface area contributed by atoms with Crippen molar-refractivity contribution < 1.29 is 9.90 Å². The van der Waals surface area contributed by atoms with Gasteiger partial charge in [-0.25, -0.2) is 4.79 Å². The molecule has 1 N–H and O–H groups in total. The Labute approximate surface area is 107 Å². The molecule has 0 bridgehead atoms. The van der Waals surface area contributed by atoms with Gasteiger partial charge in [-0.3, -0.25) is 0 Å². The van der Waals surface area contributed by atoms with Gasteiger partial charge in [0.05, 0.1) is 0 Å². The van der Waals surface area contributed by atoms with Crippen molar-refractivity contribution in [3.8, 4) is 11.3 Å². The van der Waals surface area contributed by atoms with Gasteiger partial charge in [-0.15, -0.1) is 0 Å². The lowest BCUT2D eigenvalue weighted by molar-refractivity contribution is 0.0685. The second-order valence-corrected chi connectivity index (χ2v) is 4.47. The number of carbonyl (C=O) groups is 1. The van der Waals surface area contributed by atoms with Crippen molar-refractivity contribution in [1.29, 1.82) is 0 Å². The highest BCUT2D eigenvalue weighted by Crippen LogP contribution is 2.26. The van der Waals surface area contributed by atoms with Gasteiger partial charge < -0.3 is 9.67 Å². The van der Waals surface area contributed by atoms with Crippen molar-refractivity contribution >= 4 is 5.97 Å². The van der Waals surface area contributed by atoms with Crippen LogP contribution in [0, 0.1) is 13.8 Å². The highest BCUT2D eigenvalue weighted by atomic mass is 16.4. The largest absolute Gasteiger partial charge is 0.477 e. The minimum atomic E-state index is -0.882. The number of aryl methyl sites for hydroxylation is 2. The van der Waals surface area contributed by atoms with E-state index in [0.29, 0.717) is 12.2 Å². The van der Waals surface area contributed by atoms with E-state index in [9.17, 15) is 4.79 Å². The fourth-order valence-corrected chi connectivity index (χ4v) is 2.33. The first kappa shape index (κ1) is 12.4. The highest BCUT2D eigenvalue weighted by molar-refractivity contribution is 5.87. The molecule has 0 aliphatic heterocycles. The highest BCUT2D eigenvalue weighted by Gasteiger charge is 2.14. The van der Waals surface area contributed by atoms with Gasteiger partial charge in [0.2, 0.25) is 0 Å². The van der Waals surface area contributed by atoms with Crippen LogP contribution in [0.15, 0.2) is 30.3 Å². The molecule has 0 atom stereocenters. The topological polar surface area (TPSA) is 42.2 Å². The number of hydrogen-bond donors (Lipinski definition) is 1. The molecule has 18 heavy (non-hydrogen) atoms. The fraction of sp³-hybridized carbons (Fsp3) is 0.267. The maximum atomic E-state index is 11.1. The van der Waals surface area contributed by atoms with Gasteiger partial charge >= 0.3 is 5.97 Å². The monoisotopic (exact) mass is 243 g/mol. The quantitative estimate of drug-likeness (QED) is 0.896. The van der Waals surface area contributed by atoms with Gasteiger partial charge in [-0.05, 0) is 38.5 Å². The minimum absolute atomic E-state index is 0.340. The molecule has 0 amide bonds. The third kappa shape index (κ3) is 2.04. The maximum Gasteiger partial charge on any atom is 0.352 e. The molecule has 3 nitrogen and oxygen atoms in total. The zero-order chi connectivity index (χ0) is 13.3. The van der Waals surface area contributed by atoms with E-state index < -0.39 is 5.97 Å². The van der Waals surface area contributed by atoms with Crippen molar-refractivity contribution in [3.05, 3.63) is 47.2 Å². The van der Waals surface area contributed by atoms with Crippen LogP contribution in [0.2, 0.25) is 0 Å². The summed E-state index contributed by atoms with van der Waals surface area (Å²) in [6.45, 7) is 6.71. The minimum Gasteiger partial charge on any atom is -0.477 e.